The first-order chi connectivity index (χ1) is 16.6. The van der Waals surface area contributed by atoms with Gasteiger partial charge >= 0.3 is 5.69 Å². The van der Waals surface area contributed by atoms with Gasteiger partial charge in [0.05, 0.1) is 18.1 Å². The largest absolute Gasteiger partial charge is 0.496 e. The minimum absolute atomic E-state index is 0.0700. The van der Waals surface area contributed by atoms with Crippen LogP contribution in [0.15, 0.2) is 53.3 Å². The number of nitrogens with one attached hydrogen (secondary N) is 1. The van der Waals surface area contributed by atoms with Crippen molar-refractivity contribution in [3.63, 3.8) is 0 Å². The minimum Gasteiger partial charge on any atom is -0.496 e. The van der Waals surface area contributed by atoms with Gasteiger partial charge in [0.2, 0.25) is 0 Å². The highest BCUT2D eigenvalue weighted by atomic mass is 16.5. The van der Waals surface area contributed by atoms with Gasteiger partial charge in [-0.25, -0.2) is 4.79 Å². The molecule has 1 amide bonds. The predicted octanol–water partition coefficient (Wildman–Crippen LogP) is 2.17. The third-order valence-electron chi connectivity index (χ3n) is 7.38. The monoisotopic (exact) mass is 463 g/mol. The first kappa shape index (κ1) is 22.7. The Morgan fingerprint density at radius 3 is 2.38 bits per heavy atom. The van der Waals surface area contributed by atoms with E-state index in [1.165, 1.54) is 12.8 Å². The number of carbonyl (C=O) groups excluding carboxylic acids is 1. The zero-order valence-corrected chi connectivity index (χ0v) is 19.9. The van der Waals surface area contributed by atoms with E-state index in [0.717, 1.165) is 26.2 Å². The smallest absolute Gasteiger partial charge is 0.327 e. The second kappa shape index (κ2) is 9.64. The molecule has 8 nitrogen and oxygen atoms in total. The Hall–Kier alpha value is -3.10. The molecule has 34 heavy (non-hydrogen) atoms. The summed E-state index contributed by atoms with van der Waals surface area (Å²) in [5.74, 6) is 0.530. The first-order valence-corrected chi connectivity index (χ1v) is 12.1. The van der Waals surface area contributed by atoms with Gasteiger partial charge in [0.25, 0.3) is 5.91 Å². The molecule has 1 unspecified atom stereocenters. The quantitative estimate of drug-likeness (QED) is 0.628. The van der Waals surface area contributed by atoms with E-state index in [1.807, 2.05) is 53.4 Å². The van der Waals surface area contributed by atoms with Crippen LogP contribution in [0, 0.1) is 0 Å². The van der Waals surface area contributed by atoms with Crippen molar-refractivity contribution in [1.29, 1.82) is 0 Å². The van der Waals surface area contributed by atoms with Crippen molar-refractivity contribution in [2.45, 2.75) is 24.9 Å². The fraction of sp³-hybridized carbons (Fsp3) is 0.462. The third kappa shape index (κ3) is 4.23. The highest BCUT2D eigenvalue weighted by Gasteiger charge is 2.35. The van der Waals surface area contributed by atoms with Crippen molar-refractivity contribution in [3.05, 3.63) is 64.6 Å². The maximum absolute atomic E-state index is 14.1. The summed E-state index contributed by atoms with van der Waals surface area (Å²) in [7, 11) is 3.77. The van der Waals surface area contributed by atoms with Gasteiger partial charge in [0.15, 0.2) is 0 Å². The number of benzene rings is 2. The van der Waals surface area contributed by atoms with Crippen LogP contribution >= 0.6 is 0 Å². The number of aromatic nitrogens is 2. The topological polar surface area (TPSA) is 73.8 Å². The third-order valence-corrected chi connectivity index (χ3v) is 7.38. The van der Waals surface area contributed by atoms with Gasteiger partial charge < -0.3 is 19.5 Å². The molecule has 0 saturated carbocycles. The average Bonchev–Trinajstić information content (AvgIpc) is 3.20. The van der Waals surface area contributed by atoms with Crippen LogP contribution in [-0.2, 0) is 4.79 Å². The van der Waals surface area contributed by atoms with E-state index in [-0.39, 0.29) is 11.6 Å². The highest BCUT2D eigenvalue weighted by Crippen LogP contribution is 2.31. The summed E-state index contributed by atoms with van der Waals surface area (Å²) in [6.07, 6.45) is 2.36. The summed E-state index contributed by atoms with van der Waals surface area (Å²) in [6, 6.07) is 14.8. The maximum atomic E-state index is 14.1. The van der Waals surface area contributed by atoms with E-state index < -0.39 is 6.04 Å². The second-order valence-electron chi connectivity index (χ2n) is 9.36. The lowest BCUT2D eigenvalue weighted by atomic mass is 10.0. The molecule has 0 bridgehead atoms. The Balaban J connectivity index is 1.45. The number of rotatable bonds is 5. The summed E-state index contributed by atoms with van der Waals surface area (Å²) < 4.78 is 7.19. The summed E-state index contributed by atoms with van der Waals surface area (Å²) in [6.45, 7) is 5.30. The van der Waals surface area contributed by atoms with Crippen LogP contribution < -0.4 is 10.4 Å². The number of nitrogens with zero attached hydrogens (tertiary/aromatic N) is 4. The number of likely N-dealkylation sites (tertiary alicyclic amines) is 1. The molecule has 3 aromatic rings. The predicted molar refractivity (Wildman–Crippen MR) is 132 cm³/mol. The number of fused-ring (bicyclic) bond motifs is 1. The van der Waals surface area contributed by atoms with Gasteiger partial charge in [-0.1, -0.05) is 30.3 Å². The van der Waals surface area contributed by atoms with Gasteiger partial charge in [0, 0.05) is 37.8 Å². The summed E-state index contributed by atoms with van der Waals surface area (Å²) in [5.41, 5.74) is 1.82. The average molecular weight is 464 g/mol. The zero-order chi connectivity index (χ0) is 23.7. The lowest BCUT2D eigenvalue weighted by Gasteiger charge is -2.42. The van der Waals surface area contributed by atoms with Crippen LogP contribution in [0.5, 0.6) is 5.75 Å². The number of para-hydroxylation sites is 3. The van der Waals surface area contributed by atoms with Crippen molar-refractivity contribution in [3.8, 4) is 5.75 Å². The number of methoxy groups -OCH3 is 1. The Morgan fingerprint density at radius 1 is 0.971 bits per heavy atom. The number of H-pyrrole nitrogens is 1. The molecule has 1 N–H and O–H groups in total. The molecule has 1 aromatic heterocycles. The van der Waals surface area contributed by atoms with E-state index in [2.05, 4.69) is 21.8 Å². The molecule has 2 aliphatic rings. The normalized spacial score (nSPS) is 19.4. The van der Waals surface area contributed by atoms with E-state index in [1.54, 1.807) is 11.7 Å². The molecule has 1 atom stereocenters. The second-order valence-corrected chi connectivity index (χ2v) is 9.36. The number of piperidine rings is 1. The van der Waals surface area contributed by atoms with Gasteiger partial charge in [-0.15, -0.1) is 0 Å². The standard InChI is InChI=1S/C26H33N5O3/c1-28-13-11-19(12-14-28)29-15-17-30(18-16-29)25(32)24(20-7-3-6-10-23(20)34-2)31-22-9-5-4-8-21(22)27-26(31)33/h3-10,19,24H,11-18H2,1-2H3,(H,27,33). The summed E-state index contributed by atoms with van der Waals surface area (Å²) in [4.78, 5) is 36.9. The number of hydrogen-bond acceptors (Lipinski definition) is 5. The highest BCUT2D eigenvalue weighted by molar-refractivity contribution is 5.87. The van der Waals surface area contributed by atoms with Crippen LogP contribution in [0.2, 0.25) is 0 Å². The fourth-order valence-electron chi connectivity index (χ4n) is 5.45. The Kier molecular flexibility index (Phi) is 6.43. The van der Waals surface area contributed by atoms with Crippen LogP contribution in [0.1, 0.15) is 24.4 Å². The van der Waals surface area contributed by atoms with E-state index in [4.69, 9.17) is 4.74 Å². The Bertz CT molecular complexity index is 1200. The van der Waals surface area contributed by atoms with Crippen molar-refractivity contribution in [1.82, 2.24) is 24.3 Å². The zero-order valence-electron chi connectivity index (χ0n) is 19.9. The van der Waals surface area contributed by atoms with Crippen LogP contribution in [0.3, 0.4) is 0 Å². The van der Waals surface area contributed by atoms with Crippen molar-refractivity contribution in [2.75, 3.05) is 53.4 Å². The Morgan fingerprint density at radius 2 is 1.65 bits per heavy atom. The number of piperazine rings is 1. The molecular weight excluding hydrogens is 430 g/mol. The SMILES string of the molecule is COc1ccccc1C(C(=O)N1CCN(C2CCN(C)CC2)CC1)n1c(=O)[nH]c2ccccc21. The molecule has 2 aliphatic heterocycles. The molecule has 3 heterocycles. The van der Waals surface area contributed by atoms with E-state index in [0.29, 0.717) is 41.5 Å². The van der Waals surface area contributed by atoms with Crippen molar-refractivity contribution < 1.29 is 9.53 Å². The minimum atomic E-state index is -0.797. The van der Waals surface area contributed by atoms with Gasteiger partial charge in [-0.2, -0.15) is 0 Å². The molecule has 2 aromatic carbocycles. The van der Waals surface area contributed by atoms with Gasteiger partial charge in [-0.05, 0) is 51.2 Å². The Labute approximate surface area is 199 Å². The van der Waals surface area contributed by atoms with Crippen molar-refractivity contribution in [2.24, 2.45) is 0 Å². The summed E-state index contributed by atoms with van der Waals surface area (Å²) >= 11 is 0. The molecule has 5 rings (SSSR count). The molecule has 180 valence electrons. The number of ether oxygens (including phenoxy) is 1. The number of hydrogen-bond donors (Lipinski definition) is 1. The first-order valence-electron chi connectivity index (χ1n) is 12.1. The molecule has 2 fully saturated rings. The molecular formula is C26H33N5O3. The van der Waals surface area contributed by atoms with Crippen LogP contribution in [-0.4, -0.2) is 89.6 Å². The number of aromatic amines is 1. The molecule has 0 spiro atoms. The number of imidazole rings is 1. The van der Waals surface area contributed by atoms with Crippen molar-refractivity contribution >= 4 is 16.9 Å². The number of carbonyl (C=O) groups is 1. The lowest BCUT2D eigenvalue weighted by Crippen LogP contribution is -2.55. The molecule has 8 heteroatoms. The molecule has 0 aliphatic carbocycles. The molecule has 2 saturated heterocycles. The van der Waals surface area contributed by atoms with Crippen LogP contribution in [0.4, 0.5) is 0 Å². The fourth-order valence-corrected chi connectivity index (χ4v) is 5.45. The van der Waals surface area contributed by atoms with Crippen LogP contribution in [0.25, 0.3) is 11.0 Å². The maximum Gasteiger partial charge on any atom is 0.327 e. The lowest BCUT2D eigenvalue weighted by molar-refractivity contribution is -0.135. The van der Waals surface area contributed by atoms with Gasteiger partial charge in [-0.3, -0.25) is 14.3 Å². The van der Waals surface area contributed by atoms with E-state index in [9.17, 15) is 9.59 Å². The molecule has 0 radical (unpaired) electrons. The van der Waals surface area contributed by atoms with E-state index >= 15 is 0 Å². The van der Waals surface area contributed by atoms with Gasteiger partial charge in [0.1, 0.15) is 11.8 Å². The number of amides is 1. The summed E-state index contributed by atoms with van der Waals surface area (Å²) in [5, 5.41) is 0.